The Bertz CT molecular complexity index is 801. The number of nitrogens with one attached hydrogen (secondary N) is 3. The summed E-state index contributed by atoms with van der Waals surface area (Å²) in [7, 11) is 0.894. The van der Waals surface area contributed by atoms with Crippen LogP contribution in [-0.2, 0) is 10.0 Å². The Balaban J connectivity index is 1.67. The van der Waals surface area contributed by atoms with Crippen molar-refractivity contribution in [3.8, 4) is 0 Å². The zero-order valence-electron chi connectivity index (χ0n) is 15.4. The van der Waals surface area contributed by atoms with E-state index < -0.39 is 10.0 Å². The summed E-state index contributed by atoms with van der Waals surface area (Å²) >= 11 is 0. The van der Waals surface area contributed by atoms with Gasteiger partial charge in [-0.2, -0.15) is 4.31 Å². The molecule has 0 amide bonds. The number of sulfonamides is 1. The van der Waals surface area contributed by atoms with Gasteiger partial charge in [0, 0.05) is 24.7 Å². The molecule has 1 saturated heterocycles. The number of quaternary nitrogens is 1. The first-order chi connectivity index (χ1) is 12.5. The van der Waals surface area contributed by atoms with Gasteiger partial charge in [-0.25, -0.2) is 13.4 Å². The summed E-state index contributed by atoms with van der Waals surface area (Å²) in [5.41, 5.74) is 1.27. The summed E-state index contributed by atoms with van der Waals surface area (Å²) in [6.07, 6.45) is 3.46. The predicted octanol–water partition coefficient (Wildman–Crippen LogP) is 0.583. The van der Waals surface area contributed by atoms with Crippen LogP contribution in [0.4, 0.5) is 5.82 Å². The van der Waals surface area contributed by atoms with E-state index in [0.717, 1.165) is 25.2 Å². The first-order valence-electron chi connectivity index (χ1n) is 9.09. The van der Waals surface area contributed by atoms with E-state index in [0.29, 0.717) is 24.0 Å². The number of benzene rings is 1. The van der Waals surface area contributed by atoms with Crippen LogP contribution in [0.3, 0.4) is 0 Å². The Hall–Kier alpha value is -1.96. The first kappa shape index (κ1) is 18.8. The maximum absolute atomic E-state index is 12.6. The van der Waals surface area contributed by atoms with Crippen LogP contribution in [0.1, 0.15) is 24.4 Å². The monoisotopic (exact) mass is 376 g/mol. The van der Waals surface area contributed by atoms with E-state index in [9.17, 15) is 8.42 Å². The van der Waals surface area contributed by atoms with Gasteiger partial charge < -0.3 is 4.90 Å². The molecule has 3 N–H and O–H groups in total. The van der Waals surface area contributed by atoms with Crippen LogP contribution in [0, 0.1) is 0 Å². The van der Waals surface area contributed by atoms with Crippen molar-refractivity contribution in [3.05, 3.63) is 54.2 Å². The highest BCUT2D eigenvalue weighted by Gasteiger charge is 2.28. The third-order valence-electron chi connectivity index (χ3n) is 4.88. The molecule has 0 bridgehead atoms. The minimum atomic E-state index is -3.37. The molecule has 1 aromatic heterocycles. The maximum Gasteiger partial charge on any atom is 0.272 e. The smallest absolute Gasteiger partial charge is 0.272 e. The molecule has 2 heterocycles. The molecular weight excluding hydrogens is 348 g/mol. The SMILES string of the molecule is C[NH+](C)[C@H](CNc1ccc(S(=O)(=O)N2CCCC2)c[nH+]1)c1ccccc1. The Kier molecular flexibility index (Phi) is 5.90. The molecule has 3 rings (SSSR count). The average Bonchev–Trinajstić information content (AvgIpc) is 3.18. The molecule has 0 saturated carbocycles. The van der Waals surface area contributed by atoms with Gasteiger partial charge in [-0.05, 0) is 18.9 Å². The Morgan fingerprint density at radius 1 is 1.12 bits per heavy atom. The summed E-state index contributed by atoms with van der Waals surface area (Å²) in [6, 6.07) is 14.2. The zero-order chi connectivity index (χ0) is 18.6. The van der Waals surface area contributed by atoms with E-state index in [-0.39, 0.29) is 0 Å². The number of nitrogens with zero attached hydrogens (tertiary/aromatic N) is 1. The molecule has 1 atom stereocenters. The Morgan fingerprint density at radius 2 is 1.81 bits per heavy atom. The van der Waals surface area contributed by atoms with Gasteiger partial charge in [0.1, 0.15) is 17.6 Å². The number of H-pyrrole nitrogens is 1. The Morgan fingerprint density at radius 3 is 2.38 bits per heavy atom. The van der Waals surface area contributed by atoms with Crippen LogP contribution in [0.15, 0.2) is 53.6 Å². The summed E-state index contributed by atoms with van der Waals surface area (Å²) in [5.74, 6) is 0.813. The molecule has 0 radical (unpaired) electrons. The number of pyridine rings is 1. The number of rotatable bonds is 7. The number of hydrogen-bond acceptors (Lipinski definition) is 3. The lowest BCUT2D eigenvalue weighted by molar-refractivity contribution is -0.890. The largest absolute Gasteiger partial charge is 0.330 e. The highest BCUT2D eigenvalue weighted by atomic mass is 32.2. The number of aromatic amines is 1. The molecule has 6 nitrogen and oxygen atoms in total. The second kappa shape index (κ2) is 8.16. The van der Waals surface area contributed by atoms with Gasteiger partial charge in [-0.1, -0.05) is 30.3 Å². The van der Waals surface area contributed by atoms with E-state index in [2.05, 4.69) is 48.7 Å². The number of aromatic nitrogens is 1. The predicted molar refractivity (Wildman–Crippen MR) is 101 cm³/mol. The molecule has 140 valence electrons. The highest BCUT2D eigenvalue weighted by molar-refractivity contribution is 7.89. The zero-order valence-corrected chi connectivity index (χ0v) is 16.2. The lowest BCUT2D eigenvalue weighted by atomic mass is 10.1. The number of hydrogen-bond donors (Lipinski definition) is 2. The van der Waals surface area contributed by atoms with Gasteiger partial charge in [-0.3, -0.25) is 5.32 Å². The molecular formula is C19H28N4O2S+2. The molecule has 0 aliphatic carbocycles. The van der Waals surface area contributed by atoms with Gasteiger partial charge in [0.2, 0.25) is 10.0 Å². The summed E-state index contributed by atoms with van der Waals surface area (Å²) in [5, 5.41) is 3.39. The number of likely N-dealkylation sites (N-methyl/N-ethyl adjacent to an activating group) is 1. The van der Waals surface area contributed by atoms with Crippen LogP contribution >= 0.6 is 0 Å². The van der Waals surface area contributed by atoms with Gasteiger partial charge in [0.05, 0.1) is 14.1 Å². The molecule has 1 aromatic carbocycles. The fourth-order valence-corrected chi connectivity index (χ4v) is 4.80. The molecule has 2 aromatic rings. The van der Waals surface area contributed by atoms with E-state index >= 15 is 0 Å². The standard InChI is InChI=1S/C19H26N4O2S/c1-22(2)18(16-8-4-3-5-9-16)15-21-19-11-10-17(14-20-19)26(24,25)23-12-6-7-13-23/h3-5,8-11,14,18H,6-7,12-13,15H2,1-2H3,(H,20,21)/p+2/t18-/m1/s1. The summed E-state index contributed by atoms with van der Waals surface area (Å²) in [6.45, 7) is 1.99. The van der Waals surface area contributed by atoms with Crippen molar-refractivity contribution in [2.45, 2.75) is 23.8 Å². The summed E-state index contributed by atoms with van der Waals surface area (Å²) < 4.78 is 26.7. The maximum atomic E-state index is 12.6. The van der Waals surface area contributed by atoms with Gasteiger partial charge in [-0.15, -0.1) is 0 Å². The van der Waals surface area contributed by atoms with Crippen LogP contribution in [0.2, 0.25) is 0 Å². The van der Waals surface area contributed by atoms with Gasteiger partial charge >= 0.3 is 0 Å². The quantitative estimate of drug-likeness (QED) is 0.743. The molecule has 1 aliphatic heterocycles. The third-order valence-corrected chi connectivity index (χ3v) is 6.78. The summed E-state index contributed by atoms with van der Waals surface area (Å²) in [4.78, 5) is 4.74. The molecule has 0 spiro atoms. The molecule has 0 unspecified atom stereocenters. The molecule has 7 heteroatoms. The van der Waals surface area contributed by atoms with Gasteiger partial charge in [0.15, 0.2) is 6.04 Å². The van der Waals surface area contributed by atoms with Crippen molar-refractivity contribution in [2.75, 3.05) is 39.0 Å². The van der Waals surface area contributed by atoms with Crippen molar-refractivity contribution >= 4 is 15.8 Å². The second-order valence-electron chi connectivity index (χ2n) is 6.97. The fourth-order valence-electron chi connectivity index (χ4n) is 3.31. The van der Waals surface area contributed by atoms with Crippen molar-refractivity contribution in [1.29, 1.82) is 0 Å². The molecule has 1 aliphatic rings. The second-order valence-corrected chi connectivity index (χ2v) is 8.91. The normalized spacial score (nSPS) is 16.7. The Labute approximate surface area is 155 Å². The van der Waals surface area contributed by atoms with Crippen LogP contribution < -0.4 is 15.2 Å². The highest BCUT2D eigenvalue weighted by Crippen LogP contribution is 2.20. The lowest BCUT2D eigenvalue weighted by Crippen LogP contribution is -3.06. The van der Waals surface area contributed by atoms with Crippen LogP contribution in [-0.4, -0.2) is 46.5 Å². The van der Waals surface area contributed by atoms with Crippen molar-refractivity contribution in [3.63, 3.8) is 0 Å². The first-order valence-corrected chi connectivity index (χ1v) is 10.5. The van der Waals surface area contributed by atoms with Crippen LogP contribution in [0.25, 0.3) is 0 Å². The van der Waals surface area contributed by atoms with E-state index in [4.69, 9.17) is 0 Å². The van der Waals surface area contributed by atoms with Crippen LogP contribution in [0.5, 0.6) is 0 Å². The average molecular weight is 377 g/mol. The van der Waals surface area contributed by atoms with Crippen molar-refractivity contribution in [1.82, 2.24) is 4.31 Å². The van der Waals surface area contributed by atoms with Gasteiger partial charge in [0.25, 0.3) is 5.82 Å². The van der Waals surface area contributed by atoms with E-state index in [1.807, 2.05) is 6.07 Å². The third kappa shape index (κ3) is 4.23. The minimum absolute atomic E-state index is 0.303. The number of anilines is 1. The lowest BCUT2D eigenvalue weighted by Gasteiger charge is -2.20. The molecule has 26 heavy (non-hydrogen) atoms. The van der Waals surface area contributed by atoms with E-state index in [1.54, 1.807) is 22.6 Å². The molecule has 1 fully saturated rings. The minimum Gasteiger partial charge on any atom is -0.330 e. The van der Waals surface area contributed by atoms with Crippen molar-refractivity contribution < 1.29 is 18.3 Å². The fraction of sp³-hybridized carbons (Fsp3) is 0.421. The van der Waals surface area contributed by atoms with E-state index in [1.165, 1.54) is 10.5 Å². The topological polar surface area (TPSA) is 68.0 Å². The van der Waals surface area contributed by atoms with Crippen molar-refractivity contribution in [2.24, 2.45) is 0 Å².